The smallest absolute Gasteiger partial charge is 0.216 e. The predicted molar refractivity (Wildman–Crippen MR) is 56.9 cm³/mol. The number of carbonyl (C=O) groups is 1. The Kier molecular flexibility index (Phi) is 2.63. The molecule has 2 fully saturated rings. The number of hydrogen-bond acceptors (Lipinski definition) is 3. The fourth-order valence-electron chi connectivity index (χ4n) is 2.59. The number of rotatable bonds is 2. The van der Waals surface area contributed by atoms with Gasteiger partial charge >= 0.3 is 0 Å². The van der Waals surface area contributed by atoms with Gasteiger partial charge in [0.2, 0.25) is 10.0 Å². The Labute approximate surface area is 90.7 Å². The topological polar surface area (TPSA) is 54.5 Å². The lowest BCUT2D eigenvalue weighted by Gasteiger charge is -2.34. The van der Waals surface area contributed by atoms with Gasteiger partial charge in [-0.2, -0.15) is 4.31 Å². The second kappa shape index (κ2) is 3.56. The van der Waals surface area contributed by atoms with Gasteiger partial charge in [0.15, 0.2) is 0 Å². The standard InChI is InChI=1S/C10H17NO3S/c1-7(2)15(13,14)11-8-3-4-9(11)6-10(12)5-8/h7-9H,3-6H2,1-2H3. The lowest BCUT2D eigenvalue weighted by molar-refractivity contribution is -0.122. The number of sulfonamides is 1. The van der Waals surface area contributed by atoms with Crippen molar-refractivity contribution in [1.82, 2.24) is 4.31 Å². The summed E-state index contributed by atoms with van der Waals surface area (Å²) >= 11 is 0. The molecule has 2 atom stereocenters. The fourth-order valence-corrected chi connectivity index (χ4v) is 4.27. The largest absolute Gasteiger partial charge is 0.300 e. The maximum absolute atomic E-state index is 12.1. The minimum atomic E-state index is -3.18. The minimum Gasteiger partial charge on any atom is -0.300 e. The van der Waals surface area contributed by atoms with Gasteiger partial charge in [0, 0.05) is 24.9 Å². The van der Waals surface area contributed by atoms with Crippen LogP contribution < -0.4 is 0 Å². The molecule has 0 N–H and O–H groups in total. The molecular weight excluding hydrogens is 214 g/mol. The van der Waals surface area contributed by atoms with Crippen molar-refractivity contribution < 1.29 is 13.2 Å². The lowest BCUT2D eigenvalue weighted by Crippen LogP contribution is -2.49. The maximum Gasteiger partial charge on any atom is 0.216 e. The Bertz CT molecular complexity index is 358. The molecule has 0 amide bonds. The molecule has 5 heteroatoms. The zero-order valence-corrected chi connectivity index (χ0v) is 9.96. The van der Waals surface area contributed by atoms with Gasteiger partial charge in [-0.05, 0) is 26.7 Å². The molecule has 2 bridgehead atoms. The van der Waals surface area contributed by atoms with Gasteiger partial charge in [0.1, 0.15) is 5.78 Å². The van der Waals surface area contributed by atoms with Crippen LogP contribution in [0.1, 0.15) is 39.5 Å². The normalized spacial score (nSPS) is 32.6. The molecule has 15 heavy (non-hydrogen) atoms. The highest BCUT2D eigenvalue weighted by molar-refractivity contribution is 7.89. The fraction of sp³-hybridized carbons (Fsp3) is 0.900. The van der Waals surface area contributed by atoms with E-state index >= 15 is 0 Å². The number of fused-ring (bicyclic) bond motifs is 2. The molecule has 4 nitrogen and oxygen atoms in total. The van der Waals surface area contributed by atoms with Gasteiger partial charge < -0.3 is 0 Å². The highest BCUT2D eigenvalue weighted by Gasteiger charge is 2.46. The third-order valence-corrected chi connectivity index (χ3v) is 5.74. The number of Topliss-reactive ketones (excluding diaryl/α,β-unsaturated/α-hetero) is 1. The molecule has 0 aromatic carbocycles. The molecule has 0 spiro atoms. The van der Waals surface area contributed by atoms with Crippen LogP contribution in [-0.4, -0.2) is 35.8 Å². The molecule has 0 aromatic rings. The van der Waals surface area contributed by atoms with Crippen LogP contribution in [-0.2, 0) is 14.8 Å². The quantitative estimate of drug-likeness (QED) is 0.710. The van der Waals surface area contributed by atoms with E-state index in [1.54, 1.807) is 18.2 Å². The van der Waals surface area contributed by atoms with Gasteiger partial charge in [-0.15, -0.1) is 0 Å². The van der Waals surface area contributed by atoms with Crippen molar-refractivity contribution in [1.29, 1.82) is 0 Å². The van der Waals surface area contributed by atoms with E-state index in [4.69, 9.17) is 0 Å². The summed E-state index contributed by atoms with van der Waals surface area (Å²) in [5.74, 6) is 0.220. The SMILES string of the molecule is CC(C)S(=O)(=O)N1C2CCC1CC(=O)C2. The molecule has 0 radical (unpaired) electrons. The Morgan fingerprint density at radius 3 is 2.07 bits per heavy atom. The van der Waals surface area contributed by atoms with Gasteiger partial charge in [0.25, 0.3) is 0 Å². The van der Waals surface area contributed by atoms with Crippen molar-refractivity contribution in [2.75, 3.05) is 0 Å². The van der Waals surface area contributed by atoms with Crippen molar-refractivity contribution in [3.05, 3.63) is 0 Å². The monoisotopic (exact) mass is 231 g/mol. The minimum absolute atomic E-state index is 0.0522. The van der Waals surface area contributed by atoms with Gasteiger partial charge in [-0.25, -0.2) is 8.42 Å². The number of ketones is 1. The predicted octanol–water partition coefficient (Wildman–Crippen LogP) is 0.920. The van der Waals surface area contributed by atoms with E-state index in [2.05, 4.69) is 0 Å². The summed E-state index contributed by atoms with van der Waals surface area (Å²) in [6.45, 7) is 3.40. The van der Waals surface area contributed by atoms with E-state index < -0.39 is 10.0 Å². The molecule has 2 saturated heterocycles. The summed E-state index contributed by atoms with van der Waals surface area (Å²) in [7, 11) is -3.18. The molecule has 2 rings (SSSR count). The van der Waals surface area contributed by atoms with Crippen LogP contribution in [0.25, 0.3) is 0 Å². The van der Waals surface area contributed by atoms with Crippen LogP contribution in [0.3, 0.4) is 0 Å². The Hall–Kier alpha value is -0.420. The van der Waals surface area contributed by atoms with Crippen LogP contribution in [0.4, 0.5) is 0 Å². The number of carbonyl (C=O) groups excluding carboxylic acids is 1. The lowest BCUT2D eigenvalue weighted by atomic mass is 10.0. The summed E-state index contributed by atoms with van der Waals surface area (Å²) in [5.41, 5.74) is 0. The summed E-state index contributed by atoms with van der Waals surface area (Å²) in [6, 6.07) is -0.104. The molecule has 0 saturated carbocycles. The van der Waals surface area contributed by atoms with Crippen molar-refractivity contribution in [2.45, 2.75) is 56.9 Å². The molecule has 0 aliphatic carbocycles. The van der Waals surface area contributed by atoms with Crippen molar-refractivity contribution >= 4 is 15.8 Å². The maximum atomic E-state index is 12.1. The third kappa shape index (κ3) is 1.72. The summed E-state index contributed by atoms with van der Waals surface area (Å²) < 4.78 is 25.7. The highest BCUT2D eigenvalue weighted by atomic mass is 32.2. The summed E-state index contributed by atoms with van der Waals surface area (Å²) in [6.07, 6.45) is 2.54. The van der Waals surface area contributed by atoms with Crippen molar-refractivity contribution in [3.63, 3.8) is 0 Å². The van der Waals surface area contributed by atoms with Crippen molar-refractivity contribution in [3.8, 4) is 0 Å². The van der Waals surface area contributed by atoms with E-state index in [9.17, 15) is 13.2 Å². The highest BCUT2D eigenvalue weighted by Crippen LogP contribution is 2.37. The first kappa shape index (κ1) is 11.1. The van der Waals surface area contributed by atoms with Gasteiger partial charge in [0.05, 0.1) is 5.25 Å². The second-order valence-electron chi connectivity index (χ2n) is 4.76. The van der Waals surface area contributed by atoms with Crippen LogP contribution >= 0.6 is 0 Å². The van der Waals surface area contributed by atoms with E-state index in [1.165, 1.54) is 0 Å². The van der Waals surface area contributed by atoms with Crippen LogP contribution in [0.2, 0.25) is 0 Å². The molecule has 0 aromatic heterocycles. The van der Waals surface area contributed by atoms with Gasteiger partial charge in [-0.3, -0.25) is 4.79 Å². The average Bonchev–Trinajstić information content (AvgIpc) is 2.39. The molecule has 2 unspecified atom stereocenters. The summed E-state index contributed by atoms with van der Waals surface area (Å²) in [4.78, 5) is 11.3. The van der Waals surface area contributed by atoms with Crippen LogP contribution in [0.5, 0.6) is 0 Å². The Morgan fingerprint density at radius 2 is 1.67 bits per heavy atom. The van der Waals surface area contributed by atoms with E-state index in [-0.39, 0.29) is 23.1 Å². The number of piperidine rings is 1. The Balaban J connectivity index is 2.29. The molecule has 2 heterocycles. The third-order valence-electron chi connectivity index (χ3n) is 3.37. The second-order valence-corrected chi connectivity index (χ2v) is 7.15. The first-order chi connectivity index (χ1) is 6.93. The number of hydrogen-bond donors (Lipinski definition) is 0. The molecule has 2 aliphatic heterocycles. The summed E-state index contributed by atoms with van der Waals surface area (Å²) in [5, 5.41) is -0.381. The first-order valence-corrected chi connectivity index (χ1v) is 6.97. The van der Waals surface area contributed by atoms with Crippen molar-refractivity contribution in [2.24, 2.45) is 0 Å². The Morgan fingerprint density at radius 1 is 1.20 bits per heavy atom. The molecular formula is C10H17NO3S. The first-order valence-electron chi connectivity index (χ1n) is 5.47. The van der Waals surface area contributed by atoms with E-state index in [0.717, 1.165) is 12.8 Å². The number of nitrogens with zero attached hydrogens (tertiary/aromatic N) is 1. The molecule has 86 valence electrons. The van der Waals surface area contributed by atoms with E-state index in [1.807, 2.05) is 0 Å². The van der Waals surface area contributed by atoms with Gasteiger partial charge in [-0.1, -0.05) is 0 Å². The zero-order chi connectivity index (χ0) is 11.2. The average molecular weight is 231 g/mol. The molecule has 2 aliphatic rings. The van der Waals surface area contributed by atoms with Crippen LogP contribution in [0.15, 0.2) is 0 Å². The van der Waals surface area contributed by atoms with Crippen LogP contribution in [0, 0.1) is 0 Å². The zero-order valence-electron chi connectivity index (χ0n) is 9.14. The van der Waals surface area contributed by atoms with E-state index in [0.29, 0.717) is 12.8 Å².